The smallest absolute Gasteiger partial charge is 0.413 e. The number of hydrogen-bond acceptors (Lipinski definition) is 8. The molecule has 0 fully saturated rings. The van der Waals surface area contributed by atoms with Crippen LogP contribution in [0.3, 0.4) is 0 Å². The van der Waals surface area contributed by atoms with Crippen molar-refractivity contribution in [3.8, 4) is 11.5 Å². The highest BCUT2D eigenvalue weighted by Gasteiger charge is 2.23. The van der Waals surface area contributed by atoms with Crippen molar-refractivity contribution in [3.63, 3.8) is 0 Å². The predicted molar refractivity (Wildman–Crippen MR) is 175 cm³/mol. The van der Waals surface area contributed by atoms with Crippen LogP contribution in [-0.4, -0.2) is 66.1 Å². The van der Waals surface area contributed by atoms with Crippen LogP contribution in [-0.2, 0) is 15.9 Å². The number of methoxy groups -OCH3 is 2. The van der Waals surface area contributed by atoms with Crippen LogP contribution < -0.4 is 19.7 Å². The lowest BCUT2D eigenvalue weighted by atomic mass is 9.93. The molecule has 0 saturated carbocycles. The van der Waals surface area contributed by atoms with Gasteiger partial charge in [-0.1, -0.05) is 0 Å². The van der Waals surface area contributed by atoms with E-state index in [4.69, 9.17) is 18.9 Å². The minimum atomic E-state index is -0.548. The number of rotatable bonds is 9. The number of nitrogens with one attached hydrogen (secondary N) is 3. The van der Waals surface area contributed by atoms with E-state index < -0.39 is 12.2 Å². The summed E-state index contributed by atoms with van der Waals surface area (Å²) in [6.45, 7) is 1.57. The Balaban J connectivity index is 1.21. The van der Waals surface area contributed by atoms with Gasteiger partial charge in [0.15, 0.2) is 0 Å². The van der Waals surface area contributed by atoms with Crippen molar-refractivity contribution in [3.05, 3.63) is 83.5 Å². The van der Waals surface area contributed by atoms with Crippen molar-refractivity contribution in [2.24, 2.45) is 0 Å². The molecular formula is C34H36N6O6. The summed E-state index contributed by atoms with van der Waals surface area (Å²) in [5.74, 6) is 1.57. The van der Waals surface area contributed by atoms with Crippen LogP contribution in [0.2, 0.25) is 0 Å². The van der Waals surface area contributed by atoms with Crippen LogP contribution in [0.15, 0.2) is 55.4 Å². The Morgan fingerprint density at radius 3 is 2.30 bits per heavy atom. The van der Waals surface area contributed by atoms with Gasteiger partial charge in [0.1, 0.15) is 11.5 Å². The van der Waals surface area contributed by atoms with E-state index in [0.29, 0.717) is 44.7 Å². The number of aryl methyl sites for hydroxylation is 1. The zero-order chi connectivity index (χ0) is 31.9. The number of aromatic nitrogens is 4. The highest BCUT2D eigenvalue weighted by molar-refractivity contribution is 5.92. The summed E-state index contributed by atoms with van der Waals surface area (Å²) in [6.07, 6.45) is 13.5. The summed E-state index contributed by atoms with van der Waals surface area (Å²) in [5, 5.41) is 2.80. The van der Waals surface area contributed by atoms with Gasteiger partial charge in [-0.2, -0.15) is 0 Å². The molecule has 0 saturated heterocycles. The molecule has 12 heteroatoms. The molecule has 0 radical (unpaired) electrons. The molecule has 2 aliphatic heterocycles. The van der Waals surface area contributed by atoms with Gasteiger partial charge in [0.2, 0.25) is 0 Å². The van der Waals surface area contributed by atoms with Crippen LogP contribution in [0, 0.1) is 0 Å². The Labute approximate surface area is 266 Å². The molecule has 4 aromatic rings. The maximum absolute atomic E-state index is 13.0. The van der Waals surface area contributed by atoms with E-state index in [-0.39, 0.29) is 0 Å². The Morgan fingerprint density at radius 2 is 1.63 bits per heavy atom. The minimum absolute atomic E-state index is 0.436. The molecule has 0 unspecified atom stereocenters. The third-order valence-electron chi connectivity index (χ3n) is 7.98. The van der Waals surface area contributed by atoms with E-state index in [1.54, 1.807) is 29.9 Å². The van der Waals surface area contributed by atoms with Crippen LogP contribution in [0.1, 0.15) is 53.8 Å². The van der Waals surface area contributed by atoms with Gasteiger partial charge in [-0.3, -0.25) is 10.2 Å². The van der Waals surface area contributed by atoms with E-state index in [9.17, 15) is 9.59 Å². The lowest BCUT2D eigenvalue weighted by Crippen LogP contribution is -2.32. The second-order valence-corrected chi connectivity index (χ2v) is 10.9. The molecule has 2 amide bonds. The van der Waals surface area contributed by atoms with Gasteiger partial charge >= 0.3 is 12.2 Å². The Morgan fingerprint density at radius 1 is 0.913 bits per heavy atom. The van der Waals surface area contributed by atoms with Crippen molar-refractivity contribution in [1.29, 1.82) is 0 Å². The molecule has 0 atom stereocenters. The quantitative estimate of drug-likeness (QED) is 0.178. The second-order valence-electron chi connectivity index (χ2n) is 10.9. The number of carbonyl (C=O) groups is 2. The van der Waals surface area contributed by atoms with Crippen molar-refractivity contribution in [1.82, 2.24) is 19.9 Å². The van der Waals surface area contributed by atoms with Crippen LogP contribution in [0.5, 0.6) is 11.5 Å². The average molecular weight is 625 g/mol. The van der Waals surface area contributed by atoms with Gasteiger partial charge < -0.3 is 28.9 Å². The van der Waals surface area contributed by atoms with Crippen molar-refractivity contribution >= 4 is 46.9 Å². The number of hydrogen-bond donors (Lipinski definition) is 3. The van der Waals surface area contributed by atoms with Gasteiger partial charge in [-0.05, 0) is 78.5 Å². The lowest BCUT2D eigenvalue weighted by Gasteiger charge is -2.26. The van der Waals surface area contributed by atoms with Gasteiger partial charge in [0.25, 0.3) is 0 Å². The first-order valence-corrected chi connectivity index (χ1v) is 15.2. The fourth-order valence-corrected chi connectivity index (χ4v) is 5.78. The third kappa shape index (κ3) is 6.90. The molecule has 0 bridgehead atoms. The summed E-state index contributed by atoms with van der Waals surface area (Å²) in [6, 6.07) is 9.59. The maximum Gasteiger partial charge on any atom is 0.413 e. The summed E-state index contributed by atoms with van der Waals surface area (Å²) >= 11 is 0. The monoisotopic (exact) mass is 624 g/mol. The van der Waals surface area contributed by atoms with E-state index >= 15 is 0 Å². The zero-order valence-corrected chi connectivity index (χ0v) is 25.8. The van der Waals surface area contributed by atoms with Crippen molar-refractivity contribution in [2.45, 2.75) is 32.1 Å². The Hall–Kier alpha value is -5.52. The number of ether oxygens (including phenoxy) is 4. The average Bonchev–Trinajstić information content (AvgIpc) is 3.79. The number of H-pyrrole nitrogens is 2. The summed E-state index contributed by atoms with van der Waals surface area (Å²) < 4.78 is 22.1. The van der Waals surface area contributed by atoms with Gasteiger partial charge in [0, 0.05) is 41.9 Å². The minimum Gasteiger partial charge on any atom is -0.493 e. The molecule has 46 heavy (non-hydrogen) atoms. The molecule has 4 heterocycles. The number of anilines is 2. The molecule has 2 aliphatic rings. The predicted octanol–water partition coefficient (Wildman–Crippen LogP) is 6.55. The molecule has 3 N–H and O–H groups in total. The molecule has 6 rings (SSSR count). The maximum atomic E-state index is 13.0. The third-order valence-corrected chi connectivity index (χ3v) is 7.98. The van der Waals surface area contributed by atoms with Crippen molar-refractivity contribution in [2.75, 3.05) is 44.2 Å². The van der Waals surface area contributed by atoms with Gasteiger partial charge in [0.05, 0.1) is 63.9 Å². The second kappa shape index (κ2) is 14.1. The number of imidazole rings is 2. The summed E-state index contributed by atoms with van der Waals surface area (Å²) in [7, 11) is 2.72. The van der Waals surface area contributed by atoms with Crippen LogP contribution in [0.25, 0.3) is 23.3 Å². The molecule has 2 aromatic carbocycles. The van der Waals surface area contributed by atoms with Gasteiger partial charge in [-0.25, -0.2) is 19.6 Å². The molecule has 0 aliphatic carbocycles. The number of aromatic amines is 2. The lowest BCUT2D eigenvalue weighted by molar-refractivity contribution is 0.178. The molecule has 12 nitrogen and oxygen atoms in total. The molecule has 238 valence electrons. The SMILES string of the molecule is COC(=O)Nc1cc(CCCCN(C(=O)OC)c2ccc3c(c2)/C(=C/c2cnc[nH]2)CCO3)c2c(c1)/C(=C/c1cnc[nH]1)CCO2. The largest absolute Gasteiger partial charge is 0.493 e. The first kappa shape index (κ1) is 30.5. The van der Waals surface area contributed by atoms with E-state index in [1.165, 1.54) is 14.2 Å². The number of amides is 2. The summed E-state index contributed by atoms with van der Waals surface area (Å²) in [4.78, 5) is 41.2. The Kier molecular flexibility index (Phi) is 9.32. The molecular weight excluding hydrogens is 588 g/mol. The van der Waals surface area contributed by atoms with E-state index in [0.717, 1.165) is 69.3 Å². The van der Waals surface area contributed by atoms with E-state index in [2.05, 4.69) is 31.3 Å². The first-order chi connectivity index (χ1) is 22.5. The fourth-order valence-electron chi connectivity index (χ4n) is 5.78. The number of nitrogens with zero attached hydrogens (tertiary/aromatic N) is 3. The normalized spacial score (nSPS) is 15.3. The van der Waals surface area contributed by atoms with E-state index in [1.807, 2.05) is 36.4 Å². The zero-order valence-electron chi connectivity index (χ0n) is 25.8. The molecule has 0 spiro atoms. The fraction of sp³-hybridized carbons (Fsp3) is 0.294. The number of carbonyl (C=O) groups excluding carboxylic acids is 2. The number of fused-ring (bicyclic) bond motifs is 2. The van der Waals surface area contributed by atoms with Gasteiger partial charge in [-0.15, -0.1) is 0 Å². The number of unbranched alkanes of at least 4 members (excludes halogenated alkanes) is 1. The van der Waals surface area contributed by atoms with Crippen molar-refractivity contribution < 1.29 is 28.5 Å². The highest BCUT2D eigenvalue weighted by Crippen LogP contribution is 2.40. The topological polar surface area (TPSA) is 144 Å². The highest BCUT2D eigenvalue weighted by atomic mass is 16.5. The standard InChI is InChI=1S/C34H36N6O6/c1-43-33(41)39-25-15-24(32-30(16-25)23(9-12-46-32)14-27-19-36-21-38-27)5-3-4-10-40(34(42)44-2)28-6-7-31-29(17-28)22(8-11-45-31)13-26-18-35-20-37-26/h6-7,13-21H,3-5,8-12H2,1-2H3,(H,35,37)(H,36,38)(H,39,41)/b22-13+,23-14+. The van der Waals surface area contributed by atoms with Crippen LogP contribution >= 0.6 is 0 Å². The Bertz CT molecular complexity index is 1750. The first-order valence-electron chi connectivity index (χ1n) is 15.2. The molecule has 2 aromatic heterocycles. The summed E-state index contributed by atoms with van der Waals surface area (Å²) in [5.41, 5.74) is 8.12. The van der Waals surface area contributed by atoms with Crippen LogP contribution in [0.4, 0.5) is 21.0 Å². The number of benzene rings is 2.